The normalized spacial score (nSPS) is 26.7. The molecule has 0 radical (unpaired) electrons. The van der Waals surface area contributed by atoms with Crippen molar-refractivity contribution in [2.24, 2.45) is 5.92 Å². The molecule has 0 saturated heterocycles. The summed E-state index contributed by atoms with van der Waals surface area (Å²) in [5, 5.41) is 0. The molecule has 108 valence electrons. The van der Waals surface area contributed by atoms with Crippen molar-refractivity contribution in [3.05, 3.63) is 60.2 Å². The topological polar surface area (TPSA) is 0 Å². The molecule has 0 spiro atoms. The van der Waals surface area contributed by atoms with E-state index in [2.05, 4.69) is 56.1 Å². The molecule has 1 atom stereocenters. The molecule has 2 aromatic carbocycles. The molecule has 2 aliphatic carbocycles. The minimum absolute atomic E-state index is 0. The van der Waals surface area contributed by atoms with Crippen LogP contribution in [-0.2, 0) is 22.5 Å². The Morgan fingerprint density at radius 1 is 1.00 bits per heavy atom. The Balaban J connectivity index is 0.000000210. The van der Waals surface area contributed by atoms with Crippen molar-refractivity contribution in [3.63, 3.8) is 0 Å². The zero-order chi connectivity index (χ0) is 13.3. The van der Waals surface area contributed by atoms with Gasteiger partial charge >= 0.3 is 17.1 Å². The van der Waals surface area contributed by atoms with Gasteiger partial charge in [0.25, 0.3) is 0 Å². The second kappa shape index (κ2) is 6.52. The maximum absolute atomic E-state index is 3.82. The van der Waals surface area contributed by atoms with Gasteiger partial charge in [0.05, 0.1) is 3.23 Å². The van der Waals surface area contributed by atoms with Crippen LogP contribution in [0.25, 0.3) is 0 Å². The van der Waals surface area contributed by atoms with Crippen molar-refractivity contribution >= 4 is 31.9 Å². The molecular formula is C17H18Br2Fe. The van der Waals surface area contributed by atoms with E-state index in [1.807, 2.05) is 30.3 Å². The second-order valence-corrected chi connectivity index (χ2v) is 9.39. The Morgan fingerprint density at radius 3 is 1.85 bits per heavy atom. The molecule has 0 N–H and O–H groups in total. The molecule has 0 bridgehead atoms. The fourth-order valence-corrected chi connectivity index (χ4v) is 5.18. The molecule has 0 nitrogen and oxygen atoms in total. The first-order valence-electron chi connectivity index (χ1n) is 6.93. The second-order valence-electron chi connectivity index (χ2n) is 5.62. The Hall–Kier alpha value is 0.179. The molecule has 0 aliphatic heterocycles. The predicted molar refractivity (Wildman–Crippen MR) is 88.3 cm³/mol. The third-order valence-corrected chi connectivity index (χ3v) is 6.54. The minimum atomic E-state index is 0. The minimum Gasteiger partial charge on any atom is -0.214 e. The fourth-order valence-electron chi connectivity index (χ4n) is 3.19. The summed E-state index contributed by atoms with van der Waals surface area (Å²) in [7, 11) is 0. The molecule has 2 fully saturated rings. The van der Waals surface area contributed by atoms with Crippen LogP contribution in [0.15, 0.2) is 54.6 Å². The summed E-state index contributed by atoms with van der Waals surface area (Å²) < 4.78 is 0.187. The summed E-state index contributed by atoms with van der Waals surface area (Å²) >= 11 is 7.65. The van der Waals surface area contributed by atoms with Gasteiger partial charge in [-0.05, 0) is 17.8 Å². The van der Waals surface area contributed by atoms with Crippen molar-refractivity contribution in [2.45, 2.75) is 34.3 Å². The first kappa shape index (κ1) is 16.5. The Bertz CT molecular complexity index is 480. The van der Waals surface area contributed by atoms with Gasteiger partial charge in [0.1, 0.15) is 0 Å². The van der Waals surface area contributed by atoms with E-state index in [0.29, 0.717) is 5.41 Å². The molecule has 1 unspecified atom stereocenters. The first-order valence-corrected chi connectivity index (χ1v) is 8.52. The van der Waals surface area contributed by atoms with Gasteiger partial charge in [0.15, 0.2) is 0 Å². The molecular weight excluding hydrogens is 420 g/mol. The molecule has 20 heavy (non-hydrogen) atoms. The number of hydrogen-bond acceptors (Lipinski definition) is 0. The van der Waals surface area contributed by atoms with Crippen LogP contribution in [-0.4, -0.2) is 3.23 Å². The van der Waals surface area contributed by atoms with Crippen LogP contribution in [0, 0.1) is 5.92 Å². The van der Waals surface area contributed by atoms with Crippen LogP contribution in [0.4, 0.5) is 0 Å². The van der Waals surface area contributed by atoms with Crippen LogP contribution in [0.1, 0.15) is 31.2 Å². The number of rotatable bonds is 2. The van der Waals surface area contributed by atoms with Crippen molar-refractivity contribution in [2.75, 3.05) is 0 Å². The van der Waals surface area contributed by atoms with Gasteiger partial charge in [-0.1, -0.05) is 51.1 Å². The van der Waals surface area contributed by atoms with E-state index in [0.717, 1.165) is 5.92 Å². The van der Waals surface area contributed by atoms with Crippen LogP contribution in [0.3, 0.4) is 0 Å². The Labute approximate surface area is 148 Å². The molecule has 2 aromatic rings. The molecule has 4 rings (SSSR count). The van der Waals surface area contributed by atoms with E-state index in [-0.39, 0.29) is 20.3 Å². The molecule has 3 heteroatoms. The fraction of sp³-hybridized carbons (Fsp3) is 0.412. The number of hydrogen-bond donors (Lipinski definition) is 0. The average Bonchev–Trinajstić information content (AvgIpc) is 2.89. The predicted octanol–water partition coefficient (Wildman–Crippen LogP) is 5.74. The van der Waals surface area contributed by atoms with E-state index in [9.17, 15) is 0 Å². The molecule has 0 aromatic heterocycles. The summed E-state index contributed by atoms with van der Waals surface area (Å²) in [4.78, 5) is 0. The average molecular weight is 438 g/mol. The van der Waals surface area contributed by atoms with E-state index < -0.39 is 0 Å². The third kappa shape index (κ3) is 2.88. The summed E-state index contributed by atoms with van der Waals surface area (Å²) in [6, 6.07) is 18.9. The van der Waals surface area contributed by atoms with E-state index in [1.54, 1.807) is 0 Å². The van der Waals surface area contributed by atoms with Crippen molar-refractivity contribution in [1.29, 1.82) is 0 Å². The summed E-state index contributed by atoms with van der Waals surface area (Å²) in [6.07, 6.45) is 5.48. The van der Waals surface area contributed by atoms with Gasteiger partial charge < -0.3 is 0 Å². The summed E-state index contributed by atoms with van der Waals surface area (Å²) in [5.74, 6) is 0.892. The smallest absolute Gasteiger partial charge is 0.214 e. The van der Waals surface area contributed by atoms with Gasteiger partial charge in [0.2, 0.25) is 0 Å². The molecule has 0 heterocycles. The van der Waals surface area contributed by atoms with Crippen molar-refractivity contribution < 1.29 is 17.1 Å². The van der Waals surface area contributed by atoms with E-state index in [1.165, 1.54) is 31.2 Å². The van der Waals surface area contributed by atoms with Gasteiger partial charge in [-0.3, -0.25) is 0 Å². The Kier molecular flexibility index (Phi) is 5.39. The summed E-state index contributed by atoms with van der Waals surface area (Å²) in [6.45, 7) is 0. The number of halogens is 2. The van der Waals surface area contributed by atoms with Crippen LogP contribution in [0.5, 0.6) is 0 Å². The van der Waals surface area contributed by atoms with Gasteiger partial charge in [-0.15, -0.1) is 5.56 Å². The molecule has 2 aliphatic rings. The number of alkyl halides is 2. The first-order chi connectivity index (χ1) is 9.17. The maximum atomic E-state index is 3.82. The van der Waals surface area contributed by atoms with Gasteiger partial charge in [-0.2, -0.15) is 30.3 Å². The van der Waals surface area contributed by atoms with Crippen LogP contribution < -0.4 is 0 Å². The van der Waals surface area contributed by atoms with Crippen molar-refractivity contribution in [1.82, 2.24) is 0 Å². The van der Waals surface area contributed by atoms with E-state index >= 15 is 0 Å². The summed E-state index contributed by atoms with van der Waals surface area (Å²) in [5.41, 5.74) is 1.92. The van der Waals surface area contributed by atoms with Gasteiger partial charge in [0, 0.05) is 0 Å². The van der Waals surface area contributed by atoms with Crippen LogP contribution >= 0.6 is 31.9 Å². The quantitative estimate of drug-likeness (QED) is 0.319. The standard InChI is InChI=1S/C12H13Br2.C5H5.Fe/c13-12(14)8-11(12,10-6-3-7-10)9-4-1-2-5-9;1-2-4-5-3-1;/h1-2,4-5,10H,3,6-8H2;1-5H;/q2*-1;+2. The van der Waals surface area contributed by atoms with Crippen LogP contribution in [0.2, 0.25) is 0 Å². The van der Waals surface area contributed by atoms with Gasteiger partial charge in [-0.25, -0.2) is 24.3 Å². The SMILES string of the molecule is BrC1(Br)CC1([c-]1cccc1)C1CCC1.[Fe+2].c1cc[cH-]c1. The van der Waals surface area contributed by atoms with Crippen molar-refractivity contribution in [3.8, 4) is 0 Å². The van der Waals surface area contributed by atoms with E-state index in [4.69, 9.17) is 0 Å². The molecule has 0 amide bonds. The largest absolute Gasteiger partial charge is 2.00 e. The zero-order valence-electron chi connectivity index (χ0n) is 11.2. The maximum Gasteiger partial charge on any atom is 2.00 e. The zero-order valence-corrected chi connectivity index (χ0v) is 15.5. The third-order valence-electron chi connectivity index (χ3n) is 4.56. The Morgan fingerprint density at radius 2 is 1.55 bits per heavy atom. The molecule has 2 saturated carbocycles. The monoisotopic (exact) mass is 436 g/mol.